The highest BCUT2D eigenvalue weighted by Gasteiger charge is 2.28. The van der Waals surface area contributed by atoms with E-state index in [2.05, 4.69) is 16.6 Å². The number of aliphatic hydroxyl groups excluding tert-OH is 1. The summed E-state index contributed by atoms with van der Waals surface area (Å²) in [6.45, 7) is 0.0776. The van der Waals surface area contributed by atoms with Gasteiger partial charge in [-0.3, -0.25) is 0 Å². The molecular weight excluding hydrogens is 233 g/mol. The van der Waals surface area contributed by atoms with Crippen LogP contribution >= 0.6 is 0 Å². The molecule has 0 fully saturated rings. The van der Waals surface area contributed by atoms with Crippen LogP contribution in [0.15, 0.2) is 18.2 Å². The fraction of sp³-hybridized carbons (Fsp3) is 0.333. The van der Waals surface area contributed by atoms with Crippen LogP contribution in [-0.2, 0) is 0 Å². The second kappa shape index (κ2) is 5.60. The minimum absolute atomic E-state index is 0.0638. The van der Waals surface area contributed by atoms with E-state index in [0.29, 0.717) is 5.56 Å². The van der Waals surface area contributed by atoms with Gasteiger partial charge < -0.3 is 9.84 Å². The summed E-state index contributed by atoms with van der Waals surface area (Å²) in [6, 6.07) is 4.67. The SMILES string of the molecule is Cc1ccc(OCC(F)(F)F)c(C#CCO)c1. The van der Waals surface area contributed by atoms with Gasteiger partial charge in [0.15, 0.2) is 6.61 Å². The van der Waals surface area contributed by atoms with Crippen LogP contribution in [0.25, 0.3) is 0 Å². The highest BCUT2D eigenvalue weighted by Crippen LogP contribution is 2.22. The third-order valence-electron chi connectivity index (χ3n) is 1.83. The Bertz CT molecular complexity index is 441. The van der Waals surface area contributed by atoms with Gasteiger partial charge in [-0.15, -0.1) is 0 Å². The van der Waals surface area contributed by atoms with Gasteiger partial charge in [-0.2, -0.15) is 13.2 Å². The zero-order chi connectivity index (χ0) is 12.9. The van der Waals surface area contributed by atoms with E-state index in [1.165, 1.54) is 6.07 Å². The number of rotatable bonds is 2. The Morgan fingerprint density at radius 1 is 1.35 bits per heavy atom. The first kappa shape index (κ1) is 13.4. The number of aryl methyl sites for hydroxylation is 1. The standard InChI is InChI=1S/C12H11F3O2/c1-9-4-5-11(17-8-12(13,14)15)10(7-9)3-2-6-16/h4-5,7,16H,6,8H2,1H3. The number of benzene rings is 1. The zero-order valence-electron chi connectivity index (χ0n) is 9.14. The van der Waals surface area contributed by atoms with E-state index in [9.17, 15) is 13.2 Å². The van der Waals surface area contributed by atoms with Gasteiger partial charge in [0, 0.05) is 0 Å². The van der Waals surface area contributed by atoms with Crippen molar-refractivity contribution in [2.24, 2.45) is 0 Å². The maximum atomic E-state index is 12.0. The van der Waals surface area contributed by atoms with E-state index in [4.69, 9.17) is 5.11 Å². The van der Waals surface area contributed by atoms with E-state index in [1.807, 2.05) is 0 Å². The lowest BCUT2D eigenvalue weighted by Gasteiger charge is -2.11. The summed E-state index contributed by atoms with van der Waals surface area (Å²) in [5.74, 6) is 4.99. The molecule has 5 heteroatoms. The van der Waals surface area contributed by atoms with Crippen molar-refractivity contribution >= 4 is 0 Å². The molecule has 92 valence electrons. The van der Waals surface area contributed by atoms with Crippen molar-refractivity contribution < 1.29 is 23.0 Å². The molecule has 1 rings (SSSR count). The predicted octanol–water partition coefficient (Wildman–Crippen LogP) is 2.28. The van der Waals surface area contributed by atoms with Gasteiger partial charge in [-0.05, 0) is 24.6 Å². The number of ether oxygens (including phenoxy) is 1. The number of aliphatic hydroxyl groups is 1. The second-order valence-electron chi connectivity index (χ2n) is 3.36. The van der Waals surface area contributed by atoms with Crippen LogP contribution in [0.4, 0.5) is 13.2 Å². The fourth-order valence-corrected chi connectivity index (χ4v) is 1.16. The minimum atomic E-state index is -4.38. The topological polar surface area (TPSA) is 29.5 Å². The van der Waals surface area contributed by atoms with Gasteiger partial charge >= 0.3 is 6.18 Å². The third kappa shape index (κ3) is 4.79. The highest BCUT2D eigenvalue weighted by molar-refractivity contribution is 5.48. The Morgan fingerprint density at radius 3 is 2.65 bits per heavy atom. The van der Waals surface area contributed by atoms with E-state index >= 15 is 0 Å². The number of hydrogen-bond donors (Lipinski definition) is 1. The molecule has 0 unspecified atom stereocenters. The Hall–Kier alpha value is -1.67. The molecule has 0 saturated heterocycles. The smallest absolute Gasteiger partial charge is 0.422 e. The highest BCUT2D eigenvalue weighted by atomic mass is 19.4. The lowest BCUT2D eigenvalue weighted by molar-refractivity contribution is -0.153. The minimum Gasteiger partial charge on any atom is -0.483 e. The molecule has 0 spiro atoms. The Labute approximate surface area is 97.0 Å². The molecule has 0 aliphatic heterocycles. The molecule has 0 aromatic heterocycles. The first-order chi connectivity index (χ1) is 7.92. The summed E-state index contributed by atoms with van der Waals surface area (Å²) >= 11 is 0. The van der Waals surface area contributed by atoms with Crippen molar-refractivity contribution in [3.63, 3.8) is 0 Å². The van der Waals surface area contributed by atoms with Crippen molar-refractivity contribution in [1.29, 1.82) is 0 Å². The Morgan fingerprint density at radius 2 is 2.06 bits per heavy atom. The molecule has 1 N–H and O–H groups in total. The van der Waals surface area contributed by atoms with Crippen molar-refractivity contribution in [3.05, 3.63) is 29.3 Å². The van der Waals surface area contributed by atoms with Gasteiger partial charge in [-0.25, -0.2) is 0 Å². The summed E-state index contributed by atoms with van der Waals surface area (Å²) in [6.07, 6.45) is -4.38. The molecule has 0 saturated carbocycles. The molecule has 17 heavy (non-hydrogen) atoms. The summed E-state index contributed by atoms with van der Waals surface area (Å²) < 4.78 is 40.7. The normalized spacial score (nSPS) is 10.6. The Kier molecular flexibility index (Phi) is 4.41. The second-order valence-corrected chi connectivity index (χ2v) is 3.36. The maximum Gasteiger partial charge on any atom is 0.422 e. The summed E-state index contributed by atoms with van der Waals surface area (Å²) in [5.41, 5.74) is 1.19. The zero-order valence-corrected chi connectivity index (χ0v) is 9.14. The van der Waals surface area contributed by atoms with Crippen LogP contribution < -0.4 is 4.74 Å². The lowest BCUT2D eigenvalue weighted by atomic mass is 10.1. The molecule has 0 radical (unpaired) electrons. The summed E-state index contributed by atoms with van der Waals surface area (Å²) in [4.78, 5) is 0. The van der Waals surface area contributed by atoms with Gasteiger partial charge in [0.05, 0.1) is 5.56 Å². The van der Waals surface area contributed by atoms with Gasteiger partial charge in [0.25, 0.3) is 0 Å². The molecule has 1 aromatic rings. The van der Waals surface area contributed by atoms with E-state index < -0.39 is 12.8 Å². The molecule has 0 aliphatic carbocycles. The first-order valence-electron chi connectivity index (χ1n) is 4.82. The number of alkyl halides is 3. The van der Waals surface area contributed by atoms with Crippen LogP contribution in [0.5, 0.6) is 5.75 Å². The van der Waals surface area contributed by atoms with Crippen molar-refractivity contribution in [2.75, 3.05) is 13.2 Å². The van der Waals surface area contributed by atoms with Crippen molar-refractivity contribution in [1.82, 2.24) is 0 Å². The fourth-order valence-electron chi connectivity index (χ4n) is 1.16. The van der Waals surface area contributed by atoms with E-state index in [-0.39, 0.29) is 12.4 Å². The predicted molar refractivity (Wildman–Crippen MR) is 56.7 cm³/mol. The van der Waals surface area contributed by atoms with E-state index in [1.54, 1.807) is 19.1 Å². The van der Waals surface area contributed by atoms with Gasteiger partial charge in [0.1, 0.15) is 12.4 Å². The lowest BCUT2D eigenvalue weighted by Crippen LogP contribution is -2.19. The summed E-state index contributed by atoms with van der Waals surface area (Å²) in [5, 5.41) is 8.55. The molecule has 0 atom stereocenters. The third-order valence-corrected chi connectivity index (χ3v) is 1.83. The molecular formula is C12H11F3O2. The summed E-state index contributed by atoms with van der Waals surface area (Å²) in [7, 11) is 0. The van der Waals surface area contributed by atoms with Crippen LogP contribution in [-0.4, -0.2) is 24.5 Å². The van der Waals surface area contributed by atoms with Crippen LogP contribution in [0.2, 0.25) is 0 Å². The number of halogens is 3. The number of hydrogen-bond acceptors (Lipinski definition) is 2. The average molecular weight is 244 g/mol. The van der Waals surface area contributed by atoms with E-state index in [0.717, 1.165) is 5.56 Å². The maximum absolute atomic E-state index is 12.0. The van der Waals surface area contributed by atoms with Crippen LogP contribution in [0.1, 0.15) is 11.1 Å². The molecule has 0 aliphatic rings. The van der Waals surface area contributed by atoms with Crippen LogP contribution in [0.3, 0.4) is 0 Å². The quantitative estimate of drug-likeness (QED) is 0.809. The van der Waals surface area contributed by atoms with Crippen molar-refractivity contribution in [2.45, 2.75) is 13.1 Å². The average Bonchev–Trinajstić information content (AvgIpc) is 2.23. The monoisotopic (exact) mass is 244 g/mol. The molecule has 2 nitrogen and oxygen atoms in total. The Balaban J connectivity index is 2.90. The van der Waals surface area contributed by atoms with Crippen LogP contribution in [0, 0.1) is 18.8 Å². The van der Waals surface area contributed by atoms with Crippen molar-refractivity contribution in [3.8, 4) is 17.6 Å². The first-order valence-corrected chi connectivity index (χ1v) is 4.82. The largest absolute Gasteiger partial charge is 0.483 e. The molecule has 1 aromatic carbocycles. The molecule has 0 heterocycles. The molecule has 0 amide bonds. The molecule has 0 bridgehead atoms. The van der Waals surface area contributed by atoms with Gasteiger partial charge in [-0.1, -0.05) is 17.9 Å². The van der Waals surface area contributed by atoms with Gasteiger partial charge in [0.2, 0.25) is 0 Å².